The highest BCUT2D eigenvalue weighted by atomic mass is 16.5. The lowest BCUT2D eigenvalue weighted by molar-refractivity contribution is 0.479. The molecule has 10 aromatic rings. The monoisotopic (exact) mass is 1060 g/mol. The number of pyridine rings is 1. The average Bonchev–Trinajstić information content (AvgIpc) is 4.27. The first-order valence-corrected chi connectivity index (χ1v) is 29.2. The van der Waals surface area contributed by atoms with Gasteiger partial charge in [-0.2, -0.15) is 0 Å². The van der Waals surface area contributed by atoms with Gasteiger partial charge in [-0.1, -0.05) is 218 Å². The predicted molar refractivity (Wildman–Crippen MR) is 344 cm³/mol. The smallest absolute Gasteiger partial charge is 0.137 e. The van der Waals surface area contributed by atoms with Crippen molar-refractivity contribution in [3.8, 4) is 28.4 Å². The van der Waals surface area contributed by atoms with Crippen molar-refractivity contribution in [2.24, 2.45) is 0 Å². The van der Waals surface area contributed by atoms with Crippen LogP contribution in [0, 0.1) is 0 Å². The Morgan fingerprint density at radius 1 is 0.432 bits per heavy atom. The third kappa shape index (κ3) is 10.6. The Bertz CT molecular complexity index is 3930. The topological polar surface area (TPSA) is 33.5 Å². The number of anilines is 2. The Hall–Kier alpha value is -8.15. The molecular weight excluding hydrogens is 985 g/mol. The third-order valence-corrected chi connectivity index (χ3v) is 17.2. The van der Waals surface area contributed by atoms with E-state index in [9.17, 15) is 0 Å². The lowest BCUT2D eigenvalue weighted by Gasteiger charge is -2.30. The van der Waals surface area contributed by atoms with Gasteiger partial charge in [0.15, 0.2) is 0 Å². The van der Waals surface area contributed by atoms with Gasteiger partial charge >= 0.3 is 0 Å². The molecular formula is C76H80N4O. The molecule has 0 N–H and O–H groups in total. The number of nitrogens with zero attached hydrogens (tertiary/aromatic N) is 4. The van der Waals surface area contributed by atoms with Crippen LogP contribution in [-0.4, -0.2) is 16.2 Å². The molecule has 1 aliphatic heterocycles. The van der Waals surface area contributed by atoms with Crippen molar-refractivity contribution in [3.63, 3.8) is 0 Å². The van der Waals surface area contributed by atoms with Crippen molar-refractivity contribution in [2.75, 3.05) is 16.5 Å². The van der Waals surface area contributed by atoms with Crippen LogP contribution in [-0.2, 0) is 21.7 Å². The maximum atomic E-state index is 7.28. The summed E-state index contributed by atoms with van der Waals surface area (Å²) in [5.74, 6) is 3.03. The van der Waals surface area contributed by atoms with Crippen molar-refractivity contribution in [2.45, 2.75) is 130 Å². The highest BCUT2D eigenvalue weighted by Gasteiger charge is 2.33. The molecule has 410 valence electrons. The summed E-state index contributed by atoms with van der Waals surface area (Å²) in [6.07, 6.45) is 4.38. The van der Waals surface area contributed by atoms with Crippen LogP contribution in [0.25, 0.3) is 44.4 Å². The van der Waals surface area contributed by atoms with Gasteiger partial charge in [-0.05, 0) is 139 Å². The molecule has 0 bridgehead atoms. The third-order valence-electron chi connectivity index (χ3n) is 17.2. The highest BCUT2D eigenvalue weighted by molar-refractivity contribution is 6.10. The summed E-state index contributed by atoms with van der Waals surface area (Å²) < 4.78 is 9.62. The summed E-state index contributed by atoms with van der Waals surface area (Å²) in [4.78, 5) is 10.2. The summed E-state index contributed by atoms with van der Waals surface area (Å²) in [6, 6.07) is 71.4. The fourth-order valence-electron chi connectivity index (χ4n) is 12.0. The minimum atomic E-state index is -0.259. The number of rotatable bonds is 13. The molecule has 2 aromatic heterocycles. The van der Waals surface area contributed by atoms with Gasteiger partial charge < -0.3 is 14.5 Å². The van der Waals surface area contributed by atoms with E-state index in [0.717, 1.165) is 39.4 Å². The number of aromatic nitrogens is 2. The molecule has 5 nitrogen and oxygen atoms in total. The van der Waals surface area contributed by atoms with E-state index in [1.54, 1.807) is 0 Å². The van der Waals surface area contributed by atoms with Crippen LogP contribution in [0.5, 0.6) is 11.5 Å². The van der Waals surface area contributed by atoms with Crippen LogP contribution in [0.2, 0.25) is 0 Å². The molecule has 0 unspecified atom stereocenters. The van der Waals surface area contributed by atoms with Gasteiger partial charge in [0.05, 0.1) is 23.4 Å². The van der Waals surface area contributed by atoms with Crippen LogP contribution in [0.15, 0.2) is 207 Å². The summed E-state index contributed by atoms with van der Waals surface area (Å²) in [7, 11) is 0. The Morgan fingerprint density at radius 2 is 1.01 bits per heavy atom. The van der Waals surface area contributed by atoms with Gasteiger partial charge in [0.2, 0.25) is 0 Å². The number of fused-ring (bicyclic) bond motifs is 3. The molecule has 11 rings (SSSR count). The lowest BCUT2D eigenvalue weighted by Crippen LogP contribution is -2.27. The first kappa shape index (κ1) is 54.8. The molecule has 0 radical (unpaired) electrons. The number of hydrogen-bond donors (Lipinski definition) is 0. The lowest BCUT2D eigenvalue weighted by atomic mass is 9.78. The Labute approximate surface area is 482 Å². The van der Waals surface area contributed by atoms with Gasteiger partial charge in [0, 0.05) is 63.1 Å². The number of ether oxygens (including phenoxy) is 1. The molecule has 5 heteroatoms. The van der Waals surface area contributed by atoms with E-state index in [1.165, 1.54) is 78.0 Å². The summed E-state index contributed by atoms with van der Waals surface area (Å²) in [6.45, 7) is 33.0. The van der Waals surface area contributed by atoms with Crippen molar-refractivity contribution < 1.29 is 4.74 Å². The normalized spacial score (nSPS) is 13.5. The van der Waals surface area contributed by atoms with Crippen LogP contribution in [0.4, 0.5) is 11.4 Å². The zero-order valence-corrected chi connectivity index (χ0v) is 50.2. The van der Waals surface area contributed by atoms with Crippen molar-refractivity contribution in [1.29, 1.82) is 0 Å². The van der Waals surface area contributed by atoms with E-state index in [4.69, 9.17) is 9.72 Å². The summed E-state index contributed by atoms with van der Waals surface area (Å²) in [5.41, 5.74) is 18.7. The molecule has 0 atom stereocenters. The van der Waals surface area contributed by atoms with E-state index in [-0.39, 0.29) is 21.7 Å². The highest BCUT2D eigenvalue weighted by Crippen LogP contribution is 2.46. The van der Waals surface area contributed by atoms with Crippen LogP contribution in [0.1, 0.15) is 159 Å². The second-order valence-corrected chi connectivity index (χ2v) is 26.3. The van der Waals surface area contributed by atoms with Crippen molar-refractivity contribution in [3.05, 3.63) is 257 Å². The molecule has 0 aliphatic carbocycles. The predicted octanol–water partition coefficient (Wildman–Crippen LogP) is 20.4. The molecule has 0 amide bonds. The number of benzene rings is 8. The Morgan fingerprint density at radius 3 is 1.62 bits per heavy atom. The maximum absolute atomic E-state index is 7.28. The summed E-state index contributed by atoms with van der Waals surface area (Å²) in [5, 5.41) is 2.32. The summed E-state index contributed by atoms with van der Waals surface area (Å²) >= 11 is 0. The largest absolute Gasteiger partial charge is 0.457 e. The molecule has 1 aliphatic rings. The van der Waals surface area contributed by atoms with E-state index in [2.05, 4.69) is 312 Å². The van der Waals surface area contributed by atoms with Crippen LogP contribution in [0.3, 0.4) is 0 Å². The van der Waals surface area contributed by atoms with Gasteiger partial charge in [-0.25, -0.2) is 4.98 Å². The SMILES string of the molecule is CC(C)c1cccc(C(C)C)c1C1=CN(c2cc(-c3ccccc3)cc(C(C)(C)C)c2)CN1c1cc(Oc2ccc3c4cc(C(C)(C)c5ccccc5)ccc4n(-c4cc(C(C)(C)c5ccccc5)ccn4)c3c2)cc(C(C)(C)C)c1. The van der Waals surface area contributed by atoms with Crippen LogP contribution >= 0.6 is 0 Å². The van der Waals surface area contributed by atoms with E-state index < -0.39 is 0 Å². The quantitative estimate of drug-likeness (QED) is 0.115. The number of hydrogen-bond acceptors (Lipinski definition) is 4. The standard InChI is InChI=1S/C76H80N4O/c1-50(2)64-31-24-32-65(51(3)4)72(64)70-48-78(60-40-53(52-25-18-15-19-26-52)39-58(41-60)73(5,6)7)49-79(70)61-42-59(74(8,9)10)43-63(46-61)81-62-34-35-66-67-44-56(75(11,12)54-27-20-16-21-28-54)33-36-68(67)80(69(66)47-62)71-45-57(37-38-77-71)76(13,14)55-29-22-17-23-30-55/h15-48,50-51H,49H2,1-14H3. The molecule has 0 spiro atoms. The van der Waals surface area contributed by atoms with Crippen molar-refractivity contribution >= 4 is 38.9 Å². The molecule has 3 heterocycles. The van der Waals surface area contributed by atoms with Gasteiger partial charge in [-0.3, -0.25) is 4.57 Å². The van der Waals surface area contributed by atoms with E-state index >= 15 is 0 Å². The molecule has 81 heavy (non-hydrogen) atoms. The van der Waals surface area contributed by atoms with Crippen LogP contribution < -0.4 is 14.5 Å². The Kier molecular flexibility index (Phi) is 14.2. The molecule has 0 fully saturated rings. The first-order chi connectivity index (χ1) is 38.6. The van der Waals surface area contributed by atoms with E-state index in [0.29, 0.717) is 18.5 Å². The molecule has 0 saturated heterocycles. The van der Waals surface area contributed by atoms with Gasteiger partial charge in [0.1, 0.15) is 17.3 Å². The van der Waals surface area contributed by atoms with Gasteiger partial charge in [-0.15, -0.1) is 0 Å². The zero-order chi connectivity index (χ0) is 57.2. The minimum absolute atomic E-state index is 0.0622. The second kappa shape index (κ2) is 21.1. The van der Waals surface area contributed by atoms with Crippen molar-refractivity contribution in [1.82, 2.24) is 9.55 Å². The van der Waals surface area contributed by atoms with E-state index in [1.807, 2.05) is 6.20 Å². The Balaban J connectivity index is 1.07. The molecule has 8 aromatic carbocycles. The zero-order valence-electron chi connectivity index (χ0n) is 50.2. The fraction of sp³-hybridized carbons (Fsp3) is 0.276. The van der Waals surface area contributed by atoms with Gasteiger partial charge in [0.25, 0.3) is 0 Å². The second-order valence-electron chi connectivity index (χ2n) is 26.3. The maximum Gasteiger partial charge on any atom is 0.137 e. The molecule has 0 saturated carbocycles. The fourth-order valence-corrected chi connectivity index (χ4v) is 12.0. The first-order valence-electron chi connectivity index (χ1n) is 29.2. The minimum Gasteiger partial charge on any atom is -0.457 e. The average molecular weight is 1070 g/mol.